The molecule has 0 radical (unpaired) electrons. The van der Waals surface area contributed by atoms with Crippen LogP contribution < -0.4 is 5.32 Å². The van der Waals surface area contributed by atoms with Crippen molar-refractivity contribution in [1.82, 2.24) is 10.2 Å². The van der Waals surface area contributed by atoms with E-state index in [0.717, 1.165) is 17.5 Å². The van der Waals surface area contributed by atoms with Gasteiger partial charge >= 0.3 is 0 Å². The van der Waals surface area contributed by atoms with Crippen molar-refractivity contribution < 1.29 is 9.59 Å². The highest BCUT2D eigenvalue weighted by Gasteiger charge is 2.32. The summed E-state index contributed by atoms with van der Waals surface area (Å²) in [6.45, 7) is 3.24. The number of nitrogens with zero attached hydrogens (tertiary/aromatic N) is 1. The summed E-state index contributed by atoms with van der Waals surface area (Å²) >= 11 is 1.65. The molecule has 1 fully saturated rings. The fraction of sp³-hybridized carbons (Fsp3) is 0.231. The van der Waals surface area contributed by atoms with E-state index in [0.29, 0.717) is 24.4 Å². The van der Waals surface area contributed by atoms with Gasteiger partial charge in [-0.2, -0.15) is 0 Å². The van der Waals surface area contributed by atoms with Crippen LogP contribution in [0.4, 0.5) is 0 Å². The molecular weight excluding hydrogens is 404 g/mol. The number of nitrogens with one attached hydrogen (secondary N) is 1. The molecule has 5 heteroatoms. The average molecular weight is 431 g/mol. The molecule has 1 N–H and O–H groups in total. The van der Waals surface area contributed by atoms with Crippen molar-refractivity contribution in [2.45, 2.75) is 25.3 Å². The minimum Gasteiger partial charge on any atom is -0.348 e. The summed E-state index contributed by atoms with van der Waals surface area (Å²) in [6, 6.07) is 26.0. The van der Waals surface area contributed by atoms with Crippen LogP contribution in [-0.2, 0) is 17.8 Å². The highest BCUT2D eigenvalue weighted by molar-refractivity contribution is 8.00. The number of hydrogen-bond donors (Lipinski definition) is 1. The lowest BCUT2D eigenvalue weighted by molar-refractivity contribution is -0.128. The second kappa shape index (κ2) is 9.84. The molecule has 0 bridgehead atoms. The molecule has 1 atom stereocenters. The predicted octanol–water partition coefficient (Wildman–Crippen LogP) is 4.74. The Balaban J connectivity index is 1.38. The molecule has 1 aliphatic rings. The van der Waals surface area contributed by atoms with E-state index in [1.807, 2.05) is 72.5 Å². The highest BCUT2D eigenvalue weighted by Crippen LogP contribution is 2.38. The fourth-order valence-electron chi connectivity index (χ4n) is 3.77. The van der Waals surface area contributed by atoms with Gasteiger partial charge in [0.05, 0.1) is 5.75 Å². The first kappa shape index (κ1) is 21.2. The SMILES string of the molecule is Cc1cccc(CNC(=O)c2ccc(C3SCC(=O)N3CCc3ccccc3)cc2)c1. The summed E-state index contributed by atoms with van der Waals surface area (Å²) < 4.78 is 0. The van der Waals surface area contributed by atoms with Gasteiger partial charge in [0, 0.05) is 18.7 Å². The van der Waals surface area contributed by atoms with Gasteiger partial charge in [0.25, 0.3) is 5.91 Å². The van der Waals surface area contributed by atoms with Crippen LogP contribution in [0.3, 0.4) is 0 Å². The first-order valence-corrected chi connectivity index (χ1v) is 11.5. The molecular formula is C26H26N2O2S. The molecule has 1 heterocycles. The lowest BCUT2D eigenvalue weighted by Crippen LogP contribution is -2.30. The van der Waals surface area contributed by atoms with Gasteiger partial charge in [0.1, 0.15) is 5.37 Å². The molecule has 31 heavy (non-hydrogen) atoms. The van der Waals surface area contributed by atoms with Crippen LogP contribution in [0.5, 0.6) is 0 Å². The summed E-state index contributed by atoms with van der Waals surface area (Å²) in [6.07, 6.45) is 0.836. The van der Waals surface area contributed by atoms with Gasteiger partial charge in [-0.05, 0) is 42.2 Å². The normalized spacial score (nSPS) is 15.8. The number of amides is 2. The third kappa shape index (κ3) is 5.36. The van der Waals surface area contributed by atoms with Crippen LogP contribution in [-0.4, -0.2) is 29.0 Å². The second-order valence-corrected chi connectivity index (χ2v) is 8.85. The van der Waals surface area contributed by atoms with Crippen molar-refractivity contribution in [2.24, 2.45) is 0 Å². The van der Waals surface area contributed by atoms with E-state index in [4.69, 9.17) is 0 Å². The highest BCUT2D eigenvalue weighted by atomic mass is 32.2. The molecule has 0 spiro atoms. The van der Waals surface area contributed by atoms with E-state index in [-0.39, 0.29) is 17.2 Å². The standard InChI is InChI=1S/C26H26N2O2S/c1-19-6-5-9-21(16-19)17-27-25(30)22-10-12-23(13-11-22)26-28(24(29)18-31-26)15-14-20-7-3-2-4-8-20/h2-13,16,26H,14-15,17-18H2,1H3,(H,27,30). The third-order valence-electron chi connectivity index (χ3n) is 5.45. The monoisotopic (exact) mass is 430 g/mol. The van der Waals surface area contributed by atoms with Crippen molar-refractivity contribution in [2.75, 3.05) is 12.3 Å². The minimum absolute atomic E-state index is 0.000572. The van der Waals surface area contributed by atoms with Crippen molar-refractivity contribution in [3.63, 3.8) is 0 Å². The first-order chi connectivity index (χ1) is 15.1. The molecule has 4 rings (SSSR count). The van der Waals surface area contributed by atoms with Gasteiger partial charge in [0.2, 0.25) is 5.91 Å². The van der Waals surface area contributed by atoms with Gasteiger partial charge in [0.15, 0.2) is 0 Å². The quantitative estimate of drug-likeness (QED) is 0.589. The fourth-order valence-corrected chi connectivity index (χ4v) is 4.99. The maximum absolute atomic E-state index is 12.5. The Morgan fingerprint density at radius 1 is 1.00 bits per heavy atom. The molecule has 3 aromatic carbocycles. The maximum atomic E-state index is 12.5. The molecule has 2 amide bonds. The molecule has 4 nitrogen and oxygen atoms in total. The number of benzene rings is 3. The van der Waals surface area contributed by atoms with Crippen molar-refractivity contribution in [3.8, 4) is 0 Å². The topological polar surface area (TPSA) is 49.4 Å². The maximum Gasteiger partial charge on any atom is 0.251 e. The van der Waals surface area contributed by atoms with E-state index >= 15 is 0 Å². The number of carbonyl (C=O) groups is 2. The van der Waals surface area contributed by atoms with Gasteiger partial charge in [-0.15, -0.1) is 11.8 Å². The largest absolute Gasteiger partial charge is 0.348 e. The molecule has 1 saturated heterocycles. The van der Waals surface area contributed by atoms with Crippen LogP contribution in [0, 0.1) is 6.92 Å². The lowest BCUT2D eigenvalue weighted by Gasteiger charge is -2.24. The van der Waals surface area contributed by atoms with Gasteiger partial charge in [-0.25, -0.2) is 0 Å². The van der Waals surface area contributed by atoms with Crippen LogP contribution in [0.1, 0.15) is 38.0 Å². The van der Waals surface area contributed by atoms with E-state index in [9.17, 15) is 9.59 Å². The summed E-state index contributed by atoms with van der Waals surface area (Å²) in [5.74, 6) is 0.577. The van der Waals surface area contributed by atoms with Crippen molar-refractivity contribution in [1.29, 1.82) is 0 Å². The average Bonchev–Trinajstić information content (AvgIpc) is 3.17. The minimum atomic E-state index is -0.0934. The smallest absolute Gasteiger partial charge is 0.251 e. The van der Waals surface area contributed by atoms with Gasteiger partial charge < -0.3 is 10.2 Å². The number of aryl methyl sites for hydroxylation is 1. The molecule has 158 valence electrons. The predicted molar refractivity (Wildman–Crippen MR) is 126 cm³/mol. The number of rotatable bonds is 7. The van der Waals surface area contributed by atoms with E-state index in [2.05, 4.69) is 23.5 Å². The van der Waals surface area contributed by atoms with Crippen LogP contribution in [0.2, 0.25) is 0 Å². The third-order valence-corrected chi connectivity index (χ3v) is 6.70. The van der Waals surface area contributed by atoms with Crippen LogP contribution in [0.25, 0.3) is 0 Å². The summed E-state index contributed by atoms with van der Waals surface area (Å²) in [5.41, 5.74) is 5.17. The Morgan fingerprint density at radius 2 is 1.74 bits per heavy atom. The van der Waals surface area contributed by atoms with Crippen molar-refractivity contribution >= 4 is 23.6 Å². The van der Waals surface area contributed by atoms with Gasteiger partial charge in [-0.1, -0.05) is 72.3 Å². The van der Waals surface area contributed by atoms with E-state index < -0.39 is 0 Å². The number of carbonyl (C=O) groups excluding carboxylic acids is 2. The number of thioether (sulfide) groups is 1. The Morgan fingerprint density at radius 3 is 2.48 bits per heavy atom. The number of hydrogen-bond acceptors (Lipinski definition) is 3. The second-order valence-electron chi connectivity index (χ2n) is 7.78. The van der Waals surface area contributed by atoms with Gasteiger partial charge in [-0.3, -0.25) is 9.59 Å². The summed E-state index contributed by atoms with van der Waals surface area (Å²) in [7, 11) is 0. The van der Waals surface area contributed by atoms with Crippen LogP contribution in [0.15, 0.2) is 78.9 Å². The van der Waals surface area contributed by atoms with Crippen LogP contribution >= 0.6 is 11.8 Å². The lowest BCUT2D eigenvalue weighted by atomic mass is 10.1. The molecule has 1 aliphatic heterocycles. The molecule has 3 aromatic rings. The Hall–Kier alpha value is -3.05. The Bertz CT molecular complexity index is 1050. The first-order valence-electron chi connectivity index (χ1n) is 10.5. The van der Waals surface area contributed by atoms with E-state index in [1.165, 1.54) is 11.1 Å². The molecule has 0 saturated carbocycles. The Labute approximate surface area is 187 Å². The molecule has 0 aliphatic carbocycles. The molecule has 1 unspecified atom stereocenters. The van der Waals surface area contributed by atoms with Crippen molar-refractivity contribution in [3.05, 3.63) is 107 Å². The van der Waals surface area contributed by atoms with E-state index in [1.54, 1.807) is 11.8 Å². The Kier molecular flexibility index (Phi) is 6.73. The summed E-state index contributed by atoms with van der Waals surface area (Å²) in [4.78, 5) is 26.9. The zero-order chi connectivity index (χ0) is 21.6. The summed E-state index contributed by atoms with van der Waals surface area (Å²) in [5, 5.41) is 2.98. The zero-order valence-electron chi connectivity index (χ0n) is 17.6. The molecule has 0 aromatic heterocycles. The zero-order valence-corrected chi connectivity index (χ0v) is 18.4.